The van der Waals surface area contributed by atoms with Crippen LogP contribution in [0.25, 0.3) is 0 Å². The maximum Gasteiger partial charge on any atom is 0.354 e. The van der Waals surface area contributed by atoms with Crippen molar-refractivity contribution in [3.63, 3.8) is 0 Å². The van der Waals surface area contributed by atoms with Crippen LogP contribution < -0.4 is 15.2 Å². The third-order valence-electron chi connectivity index (χ3n) is 6.22. The number of anilines is 1. The number of nitrogens with one attached hydrogen (secondary N) is 1. The van der Waals surface area contributed by atoms with E-state index in [1.54, 1.807) is 4.68 Å². The van der Waals surface area contributed by atoms with Crippen molar-refractivity contribution < 1.29 is 18.8 Å². The number of aliphatic hydroxyl groups excluding tert-OH is 1. The number of amides is 2. The largest absolute Gasteiger partial charge is 0.477 e. The smallest absolute Gasteiger partial charge is 0.354 e. The van der Waals surface area contributed by atoms with Crippen molar-refractivity contribution in [2.45, 2.75) is 55.9 Å². The lowest BCUT2D eigenvalue weighted by Gasteiger charge is -2.17. The number of carbonyl (C=O) groups is 1. The highest BCUT2D eigenvalue weighted by atomic mass is 32.2. The number of aromatic nitrogens is 2. The summed E-state index contributed by atoms with van der Waals surface area (Å²) in [5.74, 6) is 0.408. The third-order valence-corrected chi connectivity index (χ3v) is 7.57. The van der Waals surface area contributed by atoms with Crippen molar-refractivity contribution in [2.75, 3.05) is 18.5 Å². The van der Waals surface area contributed by atoms with Gasteiger partial charge in [0.05, 0.1) is 12.8 Å². The molecule has 9 nitrogen and oxygen atoms in total. The number of ether oxygens (including phenoxy) is 1. The van der Waals surface area contributed by atoms with Gasteiger partial charge in [0.1, 0.15) is 4.90 Å². The minimum Gasteiger partial charge on any atom is -0.477 e. The van der Waals surface area contributed by atoms with E-state index >= 15 is 0 Å². The average molecular weight is 432 g/mol. The second kappa shape index (κ2) is 7.36. The minimum absolute atomic E-state index is 0.0902. The van der Waals surface area contributed by atoms with E-state index in [2.05, 4.69) is 20.8 Å². The molecule has 0 radical (unpaired) electrons. The molecule has 4 N–H and O–H groups in total. The number of fused-ring (bicyclic) bond motifs is 3. The minimum atomic E-state index is -3.51. The van der Waals surface area contributed by atoms with Gasteiger partial charge in [-0.15, -0.1) is 4.36 Å². The molecule has 0 bridgehead atoms. The third kappa shape index (κ3) is 3.19. The lowest BCUT2D eigenvalue weighted by Crippen LogP contribution is -2.21. The zero-order valence-corrected chi connectivity index (χ0v) is 17.4. The summed E-state index contributed by atoms with van der Waals surface area (Å²) in [4.78, 5) is 12.9. The molecular weight excluding hydrogens is 406 g/mol. The molecule has 0 saturated carbocycles. The number of urea groups is 1. The predicted molar refractivity (Wildman–Crippen MR) is 111 cm³/mol. The van der Waals surface area contributed by atoms with Gasteiger partial charge in [0.2, 0.25) is 5.88 Å². The Morgan fingerprint density at radius 2 is 2.23 bits per heavy atom. The van der Waals surface area contributed by atoms with E-state index in [-0.39, 0.29) is 17.4 Å². The van der Waals surface area contributed by atoms with Gasteiger partial charge < -0.3 is 15.2 Å². The van der Waals surface area contributed by atoms with E-state index in [0.717, 1.165) is 60.9 Å². The molecule has 1 aliphatic heterocycles. The summed E-state index contributed by atoms with van der Waals surface area (Å²) in [6, 6.07) is 1.44. The molecule has 1 aromatic carbocycles. The van der Waals surface area contributed by atoms with Crippen molar-refractivity contribution in [3.8, 4) is 5.88 Å². The molecule has 5 rings (SSSR count). The van der Waals surface area contributed by atoms with Crippen molar-refractivity contribution in [1.82, 2.24) is 9.78 Å². The Balaban J connectivity index is 1.49. The van der Waals surface area contributed by atoms with Gasteiger partial charge in [-0.1, -0.05) is 6.07 Å². The molecule has 3 aliphatic rings. The lowest BCUT2D eigenvalue weighted by atomic mass is 9.95. The van der Waals surface area contributed by atoms with Gasteiger partial charge in [0.15, 0.2) is 9.92 Å². The Bertz CT molecular complexity index is 1150. The van der Waals surface area contributed by atoms with E-state index in [1.807, 2.05) is 0 Å². The summed E-state index contributed by atoms with van der Waals surface area (Å²) in [5.41, 5.74) is 5.23. The summed E-state index contributed by atoms with van der Waals surface area (Å²) in [7, 11) is -3.51. The number of hydrogen-bond acceptors (Lipinski definition) is 5. The number of benzene rings is 1. The van der Waals surface area contributed by atoms with Crippen LogP contribution in [0, 0.1) is 0 Å². The first-order valence-corrected chi connectivity index (χ1v) is 11.9. The second-order valence-electron chi connectivity index (χ2n) is 8.06. The fraction of sp³-hybridized carbons (Fsp3) is 0.500. The maximum absolute atomic E-state index is 13.1. The number of nitrogens with zero attached hydrogens (tertiary/aromatic N) is 3. The molecule has 2 atom stereocenters. The summed E-state index contributed by atoms with van der Waals surface area (Å²) >= 11 is 0. The summed E-state index contributed by atoms with van der Waals surface area (Å²) in [6.07, 6.45) is 6.66. The molecule has 2 heterocycles. The van der Waals surface area contributed by atoms with E-state index in [0.29, 0.717) is 19.0 Å². The number of carbonyl (C=O) groups excluding carboxylic acids is 1. The Labute approximate surface area is 174 Å². The first kappa shape index (κ1) is 19.5. The molecule has 1 aromatic heterocycles. The summed E-state index contributed by atoms with van der Waals surface area (Å²) in [6.45, 7) is 1.22. The van der Waals surface area contributed by atoms with Crippen molar-refractivity contribution in [1.29, 1.82) is 0 Å². The van der Waals surface area contributed by atoms with Crippen LogP contribution in [-0.2, 0) is 35.7 Å². The van der Waals surface area contributed by atoms with Crippen LogP contribution in [0.15, 0.2) is 21.5 Å². The lowest BCUT2D eigenvalue weighted by molar-refractivity contribution is 0.224. The van der Waals surface area contributed by atoms with Crippen molar-refractivity contribution in [2.24, 2.45) is 9.50 Å². The molecule has 0 saturated heterocycles. The van der Waals surface area contributed by atoms with E-state index in [9.17, 15) is 14.1 Å². The molecular formula is C20H25N5O4S. The number of aliphatic hydroxyl groups is 1. The van der Waals surface area contributed by atoms with Gasteiger partial charge in [-0.3, -0.25) is 0 Å². The number of rotatable bonds is 3. The zero-order valence-electron chi connectivity index (χ0n) is 16.6. The highest BCUT2D eigenvalue weighted by Crippen LogP contribution is 2.43. The van der Waals surface area contributed by atoms with Crippen LogP contribution in [0.2, 0.25) is 0 Å². The van der Waals surface area contributed by atoms with Gasteiger partial charge in [0.25, 0.3) is 0 Å². The van der Waals surface area contributed by atoms with E-state index in [4.69, 9.17) is 9.88 Å². The monoisotopic (exact) mass is 431 g/mol. The first-order chi connectivity index (χ1) is 14.5. The Morgan fingerprint density at radius 3 is 3.07 bits per heavy atom. The topological polar surface area (TPSA) is 132 Å². The molecule has 2 amide bonds. The molecule has 0 spiro atoms. The van der Waals surface area contributed by atoms with Crippen LogP contribution in [0.1, 0.15) is 47.4 Å². The predicted octanol–water partition coefficient (Wildman–Crippen LogP) is 2.11. The van der Waals surface area contributed by atoms with Crippen LogP contribution in [0.4, 0.5) is 10.5 Å². The quantitative estimate of drug-likeness (QED) is 0.685. The van der Waals surface area contributed by atoms with Crippen LogP contribution in [-0.4, -0.2) is 38.3 Å². The standard InChI is InChI=1S/C20H25N5O4S/c21-30(28,17-10-22-25-7-2-8-29-19(17)25)24-20(27)23-18-14-4-1-3-12(14)9-16-13(11-26)5-6-15(16)18/h9-10,13,26H,1-8,11H2,(H3,21,23,24,27,28). The molecule has 160 valence electrons. The first-order valence-electron chi connectivity index (χ1n) is 10.3. The number of hydrogen-bond donors (Lipinski definition) is 3. The van der Waals surface area contributed by atoms with E-state index in [1.165, 1.54) is 11.8 Å². The van der Waals surface area contributed by atoms with Crippen LogP contribution in [0.3, 0.4) is 0 Å². The van der Waals surface area contributed by atoms with Gasteiger partial charge in [-0.25, -0.2) is 18.8 Å². The molecule has 2 aliphatic carbocycles. The Morgan fingerprint density at radius 1 is 1.37 bits per heavy atom. The average Bonchev–Trinajstić information content (AvgIpc) is 3.45. The normalized spacial score (nSPS) is 21.2. The number of nitrogens with two attached hydrogens (primary N) is 1. The highest BCUT2D eigenvalue weighted by molar-refractivity contribution is 7.91. The van der Waals surface area contributed by atoms with Crippen LogP contribution >= 0.6 is 0 Å². The maximum atomic E-state index is 13.1. The van der Waals surface area contributed by atoms with Crippen molar-refractivity contribution in [3.05, 3.63) is 34.5 Å². The van der Waals surface area contributed by atoms with Crippen LogP contribution in [0.5, 0.6) is 5.88 Å². The molecule has 10 heteroatoms. The highest BCUT2D eigenvalue weighted by Gasteiger charge is 2.30. The van der Waals surface area contributed by atoms with Gasteiger partial charge in [0, 0.05) is 31.2 Å². The fourth-order valence-corrected chi connectivity index (χ4v) is 5.81. The molecule has 2 unspecified atom stereocenters. The molecule has 0 fully saturated rings. The van der Waals surface area contributed by atoms with Gasteiger partial charge >= 0.3 is 6.03 Å². The Kier molecular flexibility index (Phi) is 4.79. The Hall–Kier alpha value is -2.43. The fourth-order valence-electron chi connectivity index (χ4n) is 4.81. The van der Waals surface area contributed by atoms with Crippen molar-refractivity contribution >= 4 is 21.6 Å². The second-order valence-corrected chi connectivity index (χ2v) is 9.82. The zero-order chi connectivity index (χ0) is 20.9. The number of aryl methyl sites for hydroxylation is 2. The van der Waals surface area contributed by atoms with Gasteiger partial charge in [-0.05, 0) is 54.4 Å². The summed E-state index contributed by atoms with van der Waals surface area (Å²) < 4.78 is 24.0. The van der Waals surface area contributed by atoms with Gasteiger partial charge in [-0.2, -0.15) is 5.10 Å². The molecule has 30 heavy (non-hydrogen) atoms. The SMILES string of the molecule is NS(=O)(=NC(=O)Nc1c2c(cc3c1CCC3CO)CCC2)c1cnn2c1OCCC2. The summed E-state index contributed by atoms with van der Waals surface area (Å²) in [5, 5.41) is 22.7. The van der Waals surface area contributed by atoms with E-state index < -0.39 is 15.9 Å². The molecule has 2 aromatic rings.